The van der Waals surface area contributed by atoms with E-state index in [1.165, 1.54) is 11.1 Å². The number of benzene rings is 2. The molecule has 0 aliphatic carbocycles. The van der Waals surface area contributed by atoms with Crippen LogP contribution < -0.4 is 10.2 Å². The topological polar surface area (TPSA) is 45.2 Å². The molecule has 1 aliphatic rings. The third-order valence-corrected chi connectivity index (χ3v) is 4.45. The Hall–Kier alpha value is -3.14. The molecule has 124 valence electrons. The van der Waals surface area contributed by atoms with E-state index >= 15 is 0 Å². The van der Waals surface area contributed by atoms with Crippen molar-refractivity contribution in [3.63, 3.8) is 0 Å². The largest absolute Gasteiger partial charge is 0.352 e. The van der Waals surface area contributed by atoms with Gasteiger partial charge in [-0.3, -0.25) is 4.79 Å². The number of pyridine rings is 1. The van der Waals surface area contributed by atoms with Gasteiger partial charge in [0.05, 0.1) is 0 Å². The zero-order valence-corrected chi connectivity index (χ0v) is 13.9. The molecule has 3 aromatic rings. The lowest BCUT2D eigenvalue weighted by Gasteiger charge is -2.29. The van der Waals surface area contributed by atoms with E-state index < -0.39 is 0 Å². The third-order valence-electron chi connectivity index (χ3n) is 4.45. The summed E-state index contributed by atoms with van der Waals surface area (Å²) in [6.45, 7) is 1.74. The fourth-order valence-corrected chi connectivity index (χ4v) is 3.13. The lowest BCUT2D eigenvalue weighted by Crippen LogP contribution is -2.31. The van der Waals surface area contributed by atoms with Gasteiger partial charge in [-0.2, -0.15) is 0 Å². The fraction of sp³-hybridized carbons (Fsp3) is 0.143. The van der Waals surface area contributed by atoms with Crippen LogP contribution in [0, 0.1) is 0 Å². The van der Waals surface area contributed by atoms with E-state index in [0.717, 1.165) is 31.0 Å². The normalized spacial score (nSPS) is 13.2. The van der Waals surface area contributed by atoms with Crippen molar-refractivity contribution in [1.82, 2.24) is 4.98 Å². The number of hydrogen-bond acceptors (Lipinski definition) is 3. The van der Waals surface area contributed by atoms with Crippen molar-refractivity contribution in [2.75, 3.05) is 16.8 Å². The first-order chi connectivity index (χ1) is 12.3. The minimum Gasteiger partial charge on any atom is -0.352 e. The summed E-state index contributed by atoms with van der Waals surface area (Å²) < 4.78 is 0. The van der Waals surface area contributed by atoms with Crippen LogP contribution in [0.2, 0.25) is 0 Å². The summed E-state index contributed by atoms with van der Waals surface area (Å²) >= 11 is 0. The monoisotopic (exact) mass is 329 g/mol. The number of carbonyl (C=O) groups excluding carboxylic acids is 1. The van der Waals surface area contributed by atoms with Crippen molar-refractivity contribution < 1.29 is 4.79 Å². The Bertz CT molecular complexity index is 892. The average molecular weight is 329 g/mol. The molecule has 2 aromatic carbocycles. The summed E-state index contributed by atoms with van der Waals surface area (Å²) in [4.78, 5) is 19.3. The first kappa shape index (κ1) is 15.4. The van der Waals surface area contributed by atoms with Crippen molar-refractivity contribution in [2.24, 2.45) is 0 Å². The highest BCUT2D eigenvalue weighted by atomic mass is 16.1. The molecule has 2 heterocycles. The Morgan fingerprint density at radius 1 is 0.880 bits per heavy atom. The fourth-order valence-electron chi connectivity index (χ4n) is 3.13. The Balaban J connectivity index is 1.53. The number of carbonyl (C=O) groups is 1. The molecule has 1 aliphatic heterocycles. The Morgan fingerprint density at radius 3 is 2.48 bits per heavy atom. The van der Waals surface area contributed by atoms with Gasteiger partial charge >= 0.3 is 0 Å². The van der Waals surface area contributed by atoms with Gasteiger partial charge in [-0.1, -0.05) is 48.5 Å². The summed E-state index contributed by atoms with van der Waals surface area (Å²) in [5.74, 6) is 0.653. The number of anilines is 2. The van der Waals surface area contributed by atoms with Crippen LogP contribution in [-0.2, 0) is 13.0 Å². The summed E-state index contributed by atoms with van der Waals surface area (Å²) in [6.07, 6.45) is 0.998. The van der Waals surface area contributed by atoms with Gasteiger partial charge in [-0.15, -0.1) is 0 Å². The molecule has 1 N–H and O–H groups in total. The van der Waals surface area contributed by atoms with Gasteiger partial charge in [0.1, 0.15) is 11.5 Å². The van der Waals surface area contributed by atoms with Gasteiger partial charge in [0, 0.05) is 18.8 Å². The Kier molecular flexibility index (Phi) is 4.17. The number of nitrogens with one attached hydrogen (secondary N) is 1. The Labute approximate surface area is 147 Å². The number of fused-ring (bicyclic) bond motifs is 1. The highest BCUT2D eigenvalue weighted by Gasteiger charge is 2.18. The SMILES string of the molecule is O=C(Nc1ccccc1)c1cccc(N2CCc3ccccc3C2)n1. The molecule has 4 nitrogen and oxygen atoms in total. The van der Waals surface area contributed by atoms with Gasteiger partial charge in [0.15, 0.2) is 0 Å². The van der Waals surface area contributed by atoms with E-state index in [4.69, 9.17) is 0 Å². The van der Waals surface area contributed by atoms with Gasteiger partial charge in [0.2, 0.25) is 0 Å². The number of hydrogen-bond donors (Lipinski definition) is 1. The lowest BCUT2D eigenvalue weighted by molar-refractivity contribution is 0.102. The van der Waals surface area contributed by atoms with E-state index in [1.807, 2.05) is 42.5 Å². The maximum atomic E-state index is 12.5. The number of amides is 1. The quantitative estimate of drug-likeness (QED) is 0.793. The number of nitrogens with zero attached hydrogens (tertiary/aromatic N) is 2. The van der Waals surface area contributed by atoms with Crippen LogP contribution in [-0.4, -0.2) is 17.4 Å². The molecule has 0 unspecified atom stereocenters. The minimum atomic E-state index is -0.189. The van der Waals surface area contributed by atoms with Crippen LogP contribution >= 0.6 is 0 Å². The van der Waals surface area contributed by atoms with E-state index in [-0.39, 0.29) is 5.91 Å². The Morgan fingerprint density at radius 2 is 1.64 bits per heavy atom. The van der Waals surface area contributed by atoms with Crippen LogP contribution in [0.1, 0.15) is 21.6 Å². The smallest absolute Gasteiger partial charge is 0.274 e. The number of rotatable bonds is 3. The number of para-hydroxylation sites is 1. The molecule has 1 aromatic heterocycles. The standard InChI is InChI=1S/C21H19N3O/c25-21(22-18-9-2-1-3-10-18)19-11-6-12-20(23-19)24-14-13-16-7-4-5-8-17(16)15-24/h1-12H,13-15H2,(H,22,25). The molecule has 0 fully saturated rings. The van der Waals surface area contributed by atoms with Crippen LogP contribution in [0.5, 0.6) is 0 Å². The molecule has 0 saturated carbocycles. The van der Waals surface area contributed by atoms with Gasteiger partial charge in [-0.05, 0) is 41.8 Å². The predicted octanol–water partition coefficient (Wildman–Crippen LogP) is 3.90. The second-order valence-electron chi connectivity index (χ2n) is 6.14. The van der Waals surface area contributed by atoms with E-state index in [2.05, 4.69) is 39.5 Å². The van der Waals surface area contributed by atoms with E-state index in [1.54, 1.807) is 6.07 Å². The first-order valence-corrected chi connectivity index (χ1v) is 8.45. The summed E-state index contributed by atoms with van der Waals surface area (Å²) in [6, 6.07) is 23.5. The zero-order chi connectivity index (χ0) is 17.1. The molecule has 4 heteroatoms. The highest BCUT2D eigenvalue weighted by Crippen LogP contribution is 2.23. The lowest BCUT2D eigenvalue weighted by atomic mass is 10.00. The van der Waals surface area contributed by atoms with Crippen molar-refractivity contribution in [2.45, 2.75) is 13.0 Å². The number of aromatic nitrogens is 1. The van der Waals surface area contributed by atoms with Gasteiger partial charge in [-0.25, -0.2) is 4.98 Å². The molecule has 25 heavy (non-hydrogen) atoms. The van der Waals surface area contributed by atoms with Gasteiger partial charge < -0.3 is 10.2 Å². The van der Waals surface area contributed by atoms with Crippen molar-refractivity contribution >= 4 is 17.4 Å². The third kappa shape index (κ3) is 3.38. The average Bonchev–Trinajstić information content (AvgIpc) is 2.68. The first-order valence-electron chi connectivity index (χ1n) is 8.45. The molecular weight excluding hydrogens is 310 g/mol. The van der Waals surface area contributed by atoms with Crippen LogP contribution in [0.3, 0.4) is 0 Å². The maximum absolute atomic E-state index is 12.5. The van der Waals surface area contributed by atoms with Crippen LogP contribution in [0.4, 0.5) is 11.5 Å². The van der Waals surface area contributed by atoms with Gasteiger partial charge in [0.25, 0.3) is 5.91 Å². The van der Waals surface area contributed by atoms with Crippen LogP contribution in [0.15, 0.2) is 72.8 Å². The molecule has 1 amide bonds. The summed E-state index contributed by atoms with van der Waals surface area (Å²) in [7, 11) is 0. The predicted molar refractivity (Wildman–Crippen MR) is 99.8 cm³/mol. The summed E-state index contributed by atoms with van der Waals surface area (Å²) in [5.41, 5.74) is 3.93. The maximum Gasteiger partial charge on any atom is 0.274 e. The second-order valence-corrected chi connectivity index (χ2v) is 6.14. The van der Waals surface area contributed by atoms with Crippen molar-refractivity contribution in [3.05, 3.63) is 89.6 Å². The molecule has 0 bridgehead atoms. The van der Waals surface area contributed by atoms with Crippen LogP contribution in [0.25, 0.3) is 0 Å². The molecular formula is C21H19N3O. The van der Waals surface area contributed by atoms with Crippen molar-refractivity contribution in [3.8, 4) is 0 Å². The zero-order valence-electron chi connectivity index (χ0n) is 13.9. The minimum absolute atomic E-state index is 0.189. The summed E-state index contributed by atoms with van der Waals surface area (Å²) in [5, 5.41) is 2.88. The molecule has 0 spiro atoms. The molecule has 0 atom stereocenters. The molecule has 0 radical (unpaired) electrons. The van der Waals surface area contributed by atoms with E-state index in [0.29, 0.717) is 5.69 Å². The van der Waals surface area contributed by atoms with Crippen molar-refractivity contribution in [1.29, 1.82) is 0 Å². The van der Waals surface area contributed by atoms with E-state index in [9.17, 15) is 4.79 Å². The second kappa shape index (κ2) is 6.77. The molecule has 4 rings (SSSR count). The highest BCUT2D eigenvalue weighted by molar-refractivity contribution is 6.03. The molecule has 0 saturated heterocycles.